The van der Waals surface area contributed by atoms with Gasteiger partial charge < -0.3 is 5.32 Å². The number of likely N-dealkylation sites (N-methyl/N-ethyl adjacent to an activating group) is 1. The minimum absolute atomic E-state index is 0.0483. The Labute approximate surface area is 159 Å². The number of sulfonamides is 1. The van der Waals surface area contributed by atoms with E-state index in [1.165, 1.54) is 37.4 Å². The van der Waals surface area contributed by atoms with Crippen molar-refractivity contribution in [2.45, 2.75) is 17.2 Å². The molecule has 1 aromatic carbocycles. The van der Waals surface area contributed by atoms with Gasteiger partial charge in [0.2, 0.25) is 5.91 Å². The van der Waals surface area contributed by atoms with Crippen molar-refractivity contribution in [3.8, 4) is 0 Å². The van der Waals surface area contributed by atoms with E-state index in [4.69, 9.17) is 23.2 Å². The molecule has 0 fully saturated rings. The third kappa shape index (κ3) is 4.92. The van der Waals surface area contributed by atoms with E-state index in [2.05, 4.69) is 5.32 Å². The van der Waals surface area contributed by atoms with Crippen LogP contribution in [-0.4, -0.2) is 32.2 Å². The molecule has 2 rings (SSSR count). The molecule has 0 aliphatic rings. The number of carbonyl (C=O) groups is 1. The summed E-state index contributed by atoms with van der Waals surface area (Å²) in [4.78, 5) is 12.1. The van der Waals surface area contributed by atoms with Crippen LogP contribution in [0.5, 0.6) is 0 Å². The monoisotopic (exact) mass is 424 g/mol. The Kier molecular flexibility index (Phi) is 6.45. The Balaban J connectivity index is 2.02. The Hall–Kier alpha value is -1.19. The second kappa shape index (κ2) is 8.01. The molecule has 1 unspecified atom stereocenters. The van der Waals surface area contributed by atoms with E-state index >= 15 is 0 Å². The van der Waals surface area contributed by atoms with E-state index in [9.17, 15) is 17.6 Å². The van der Waals surface area contributed by atoms with Gasteiger partial charge in [-0.05, 0) is 36.8 Å². The smallest absolute Gasteiger partial charge is 0.252 e. The molecule has 10 heteroatoms. The zero-order valence-corrected chi connectivity index (χ0v) is 16.4. The topological polar surface area (TPSA) is 66.5 Å². The number of carbonyl (C=O) groups excluding carboxylic acids is 1. The molecular weight excluding hydrogens is 410 g/mol. The van der Waals surface area contributed by atoms with Crippen molar-refractivity contribution in [3.05, 3.63) is 51.1 Å². The van der Waals surface area contributed by atoms with E-state index in [1.54, 1.807) is 6.92 Å². The molecule has 25 heavy (non-hydrogen) atoms. The summed E-state index contributed by atoms with van der Waals surface area (Å²) in [6.45, 7) is 1.33. The quantitative estimate of drug-likeness (QED) is 0.768. The van der Waals surface area contributed by atoms with Crippen molar-refractivity contribution < 1.29 is 17.6 Å². The molecule has 1 N–H and O–H groups in total. The summed E-state index contributed by atoms with van der Waals surface area (Å²) in [5.74, 6) is -1.05. The normalized spacial score (nSPS) is 13.0. The van der Waals surface area contributed by atoms with Gasteiger partial charge in [-0.15, -0.1) is 11.3 Å². The van der Waals surface area contributed by atoms with Crippen LogP contribution in [0, 0.1) is 5.82 Å². The van der Waals surface area contributed by atoms with Crippen LogP contribution in [0.3, 0.4) is 0 Å². The van der Waals surface area contributed by atoms with Crippen LogP contribution in [0.4, 0.5) is 4.39 Å². The number of nitrogens with one attached hydrogen (secondary N) is 1. The maximum absolute atomic E-state index is 13.2. The van der Waals surface area contributed by atoms with Crippen LogP contribution in [0.15, 0.2) is 34.5 Å². The highest BCUT2D eigenvalue weighted by Gasteiger charge is 2.25. The number of amides is 1. The van der Waals surface area contributed by atoms with E-state index in [0.717, 1.165) is 15.6 Å². The molecule has 1 heterocycles. The van der Waals surface area contributed by atoms with E-state index in [1.807, 2.05) is 0 Å². The maximum atomic E-state index is 13.2. The molecule has 0 spiro atoms. The van der Waals surface area contributed by atoms with Gasteiger partial charge in [0.05, 0.1) is 21.9 Å². The standard InChI is InChI=1S/C15H15Cl2FN2O3S2/c1-9(10-3-4-12(18)11(16)7-10)19-14(21)8-20(2)25(22,23)15-6-5-13(17)24-15/h3-7,9H,8H2,1-2H3,(H,19,21). The lowest BCUT2D eigenvalue weighted by Gasteiger charge is -2.19. The fourth-order valence-corrected chi connectivity index (χ4v) is 5.04. The van der Waals surface area contributed by atoms with Gasteiger partial charge in [0, 0.05) is 7.05 Å². The van der Waals surface area contributed by atoms with Crippen molar-refractivity contribution in [3.63, 3.8) is 0 Å². The SMILES string of the molecule is CC(NC(=O)CN(C)S(=O)(=O)c1ccc(Cl)s1)c1ccc(F)c(Cl)c1. The van der Waals surface area contributed by atoms with Crippen molar-refractivity contribution >= 4 is 50.5 Å². The fraction of sp³-hybridized carbons (Fsp3) is 0.267. The Morgan fingerprint density at radius 3 is 2.56 bits per heavy atom. The number of halogens is 3. The molecule has 0 bridgehead atoms. The van der Waals surface area contributed by atoms with Gasteiger partial charge in [0.1, 0.15) is 10.0 Å². The summed E-state index contributed by atoms with van der Waals surface area (Å²) >= 11 is 12.4. The van der Waals surface area contributed by atoms with E-state index in [0.29, 0.717) is 9.90 Å². The van der Waals surface area contributed by atoms with E-state index in [-0.39, 0.29) is 15.8 Å². The first-order valence-corrected chi connectivity index (χ1v) is 10.1. The molecule has 0 saturated carbocycles. The molecule has 1 atom stereocenters. The lowest BCUT2D eigenvalue weighted by Crippen LogP contribution is -2.39. The first-order chi connectivity index (χ1) is 11.6. The van der Waals surface area contributed by atoms with Gasteiger partial charge in [-0.1, -0.05) is 29.3 Å². The molecular formula is C15H15Cl2FN2O3S2. The third-order valence-corrected chi connectivity index (χ3v) is 7.19. The maximum Gasteiger partial charge on any atom is 0.252 e. The molecule has 0 saturated heterocycles. The van der Waals surface area contributed by atoms with Gasteiger partial charge in [-0.25, -0.2) is 12.8 Å². The molecule has 0 aliphatic heterocycles. The zero-order chi connectivity index (χ0) is 18.8. The van der Waals surface area contributed by atoms with Crippen LogP contribution < -0.4 is 5.32 Å². The van der Waals surface area contributed by atoms with Gasteiger partial charge in [0.25, 0.3) is 10.0 Å². The van der Waals surface area contributed by atoms with Crippen molar-refractivity contribution in [2.24, 2.45) is 0 Å². The number of rotatable bonds is 6. The van der Waals surface area contributed by atoms with Crippen molar-refractivity contribution in [1.29, 1.82) is 0 Å². The van der Waals surface area contributed by atoms with Gasteiger partial charge in [-0.3, -0.25) is 4.79 Å². The van der Waals surface area contributed by atoms with Gasteiger partial charge in [-0.2, -0.15) is 4.31 Å². The van der Waals surface area contributed by atoms with Crippen molar-refractivity contribution in [2.75, 3.05) is 13.6 Å². The Bertz CT molecular complexity index is 887. The molecule has 0 aliphatic carbocycles. The fourth-order valence-electron chi connectivity index (χ4n) is 2.03. The highest BCUT2D eigenvalue weighted by molar-refractivity contribution is 7.91. The number of hydrogen-bond acceptors (Lipinski definition) is 4. The molecule has 1 amide bonds. The predicted octanol–water partition coefficient (Wildman–Crippen LogP) is 3.69. The minimum atomic E-state index is -3.79. The average molecular weight is 425 g/mol. The molecule has 0 radical (unpaired) electrons. The Morgan fingerprint density at radius 1 is 1.32 bits per heavy atom. The summed E-state index contributed by atoms with van der Waals surface area (Å²) in [6.07, 6.45) is 0. The molecule has 2 aromatic rings. The second-order valence-electron chi connectivity index (χ2n) is 5.28. The molecule has 136 valence electrons. The van der Waals surface area contributed by atoms with Crippen LogP contribution in [0.1, 0.15) is 18.5 Å². The van der Waals surface area contributed by atoms with Gasteiger partial charge in [0.15, 0.2) is 0 Å². The minimum Gasteiger partial charge on any atom is -0.348 e. The van der Waals surface area contributed by atoms with Gasteiger partial charge >= 0.3 is 0 Å². The van der Waals surface area contributed by atoms with Crippen LogP contribution in [-0.2, 0) is 14.8 Å². The van der Waals surface area contributed by atoms with Crippen LogP contribution in [0.2, 0.25) is 9.36 Å². The number of hydrogen-bond donors (Lipinski definition) is 1. The molecule has 1 aromatic heterocycles. The van der Waals surface area contributed by atoms with E-state index < -0.39 is 27.8 Å². The van der Waals surface area contributed by atoms with Crippen molar-refractivity contribution in [1.82, 2.24) is 9.62 Å². The second-order valence-corrected chi connectivity index (χ2v) is 9.68. The highest BCUT2D eigenvalue weighted by Crippen LogP contribution is 2.27. The zero-order valence-electron chi connectivity index (χ0n) is 13.3. The number of nitrogens with zero attached hydrogens (tertiary/aromatic N) is 1. The summed E-state index contributed by atoms with van der Waals surface area (Å²) in [5, 5.41) is 2.61. The highest BCUT2D eigenvalue weighted by atomic mass is 35.5. The molecule has 5 nitrogen and oxygen atoms in total. The first kappa shape index (κ1) is 20.1. The number of thiophene rings is 1. The van der Waals surface area contributed by atoms with Crippen LogP contribution in [0.25, 0.3) is 0 Å². The summed E-state index contributed by atoms with van der Waals surface area (Å²) in [6, 6.07) is 6.53. The first-order valence-electron chi connectivity index (χ1n) is 7.07. The van der Waals surface area contributed by atoms with Crippen LogP contribution >= 0.6 is 34.5 Å². The summed E-state index contributed by atoms with van der Waals surface area (Å²) < 4.78 is 39.3. The summed E-state index contributed by atoms with van der Waals surface area (Å²) in [5.41, 5.74) is 0.607. The lowest BCUT2D eigenvalue weighted by molar-refractivity contribution is -0.121. The summed E-state index contributed by atoms with van der Waals surface area (Å²) in [7, 11) is -2.48. The lowest BCUT2D eigenvalue weighted by atomic mass is 10.1. The number of benzene rings is 1. The predicted molar refractivity (Wildman–Crippen MR) is 97.1 cm³/mol. The average Bonchev–Trinajstić information content (AvgIpc) is 2.97. The largest absolute Gasteiger partial charge is 0.348 e. The Morgan fingerprint density at radius 2 is 2.00 bits per heavy atom. The third-order valence-electron chi connectivity index (χ3n) is 3.40.